The molecule has 10 heteroatoms. The van der Waals surface area contributed by atoms with E-state index in [-0.39, 0.29) is 18.1 Å². The molecular formula is C27H28ClFN6O2. The number of carbonyl (C=O) groups excluding carboxylic acids is 1. The van der Waals surface area contributed by atoms with Gasteiger partial charge in [-0.2, -0.15) is 0 Å². The minimum Gasteiger partial charge on any atom is -0.389 e. The number of nitrogens with zero attached hydrogens (tertiary/aromatic N) is 4. The Morgan fingerprint density at radius 2 is 2.00 bits per heavy atom. The van der Waals surface area contributed by atoms with Crippen LogP contribution in [0.5, 0.6) is 0 Å². The van der Waals surface area contributed by atoms with Gasteiger partial charge in [0.05, 0.1) is 35.4 Å². The van der Waals surface area contributed by atoms with Crippen molar-refractivity contribution in [3.8, 4) is 0 Å². The Labute approximate surface area is 218 Å². The molecule has 37 heavy (non-hydrogen) atoms. The number of fused-ring (bicyclic) bond motifs is 1. The molecule has 4 aromatic rings. The molecule has 0 bridgehead atoms. The van der Waals surface area contributed by atoms with Crippen molar-refractivity contribution >= 4 is 40.0 Å². The van der Waals surface area contributed by atoms with Crippen molar-refractivity contribution in [3.63, 3.8) is 0 Å². The molecule has 3 N–H and O–H groups in total. The van der Waals surface area contributed by atoms with Gasteiger partial charge in [0.25, 0.3) is 0 Å². The number of rotatable bonds is 5. The van der Waals surface area contributed by atoms with E-state index in [0.717, 1.165) is 11.3 Å². The topological polar surface area (TPSA) is 99.2 Å². The van der Waals surface area contributed by atoms with Crippen molar-refractivity contribution in [2.45, 2.75) is 39.0 Å². The number of aromatic nitrogens is 3. The van der Waals surface area contributed by atoms with Crippen LogP contribution in [-0.2, 0) is 11.3 Å². The quantitative estimate of drug-likeness (QED) is 0.365. The molecule has 0 radical (unpaired) electrons. The highest BCUT2D eigenvalue weighted by molar-refractivity contribution is 6.31. The van der Waals surface area contributed by atoms with Crippen LogP contribution in [0, 0.1) is 18.2 Å². The average Bonchev–Trinajstić information content (AvgIpc) is 3.11. The first kappa shape index (κ1) is 25.0. The maximum atomic E-state index is 14.4. The molecule has 0 spiro atoms. The number of pyridine rings is 1. The minimum absolute atomic E-state index is 0.158. The number of aliphatic hydroxyl groups is 1. The monoisotopic (exact) mass is 522 g/mol. The number of anilines is 2. The van der Waals surface area contributed by atoms with Crippen LogP contribution in [0.15, 0.2) is 54.6 Å². The average molecular weight is 523 g/mol. The van der Waals surface area contributed by atoms with Crippen molar-refractivity contribution in [1.82, 2.24) is 14.1 Å². The summed E-state index contributed by atoms with van der Waals surface area (Å²) in [4.78, 5) is 18.3. The lowest BCUT2D eigenvalue weighted by Crippen LogP contribution is -2.47. The van der Waals surface area contributed by atoms with E-state index in [0.29, 0.717) is 47.1 Å². The number of hydrogen-bond acceptors (Lipinski definition) is 5. The van der Waals surface area contributed by atoms with E-state index in [1.165, 1.54) is 19.1 Å². The number of halogens is 2. The summed E-state index contributed by atoms with van der Waals surface area (Å²) in [6.45, 7) is 4.43. The van der Waals surface area contributed by atoms with Crippen LogP contribution in [0.3, 0.4) is 0 Å². The lowest BCUT2D eigenvalue weighted by Gasteiger charge is -2.38. The molecular weight excluding hydrogens is 495 g/mol. The summed E-state index contributed by atoms with van der Waals surface area (Å²) in [6, 6.07) is 15.1. The molecule has 8 nitrogen and oxygen atoms in total. The zero-order valence-electron chi connectivity index (χ0n) is 20.6. The normalized spacial score (nSPS) is 17.8. The first-order valence-electron chi connectivity index (χ1n) is 12.1. The highest BCUT2D eigenvalue weighted by Gasteiger charge is 2.33. The summed E-state index contributed by atoms with van der Waals surface area (Å²) in [5.41, 5.74) is 3.61. The predicted octanol–water partition coefficient (Wildman–Crippen LogP) is 4.24. The second kappa shape index (κ2) is 9.99. The van der Waals surface area contributed by atoms with Crippen LogP contribution < -0.4 is 15.8 Å². The fraction of sp³-hybridized carbons (Fsp3) is 0.296. The third kappa shape index (κ3) is 4.84. The van der Waals surface area contributed by atoms with E-state index in [1.807, 2.05) is 36.1 Å². The second-order valence-corrected chi connectivity index (χ2v) is 9.79. The van der Waals surface area contributed by atoms with Gasteiger partial charge in [-0.05, 0) is 55.3 Å². The van der Waals surface area contributed by atoms with Gasteiger partial charge in [0.15, 0.2) is 5.82 Å². The van der Waals surface area contributed by atoms with Gasteiger partial charge in [0.2, 0.25) is 11.5 Å². The van der Waals surface area contributed by atoms with Gasteiger partial charge in [0, 0.05) is 30.7 Å². The first-order chi connectivity index (χ1) is 17.7. The molecule has 5 rings (SSSR count). The van der Waals surface area contributed by atoms with Crippen LogP contribution in [-0.4, -0.2) is 44.3 Å². The van der Waals surface area contributed by atoms with E-state index < -0.39 is 18.0 Å². The number of imidazole rings is 1. The Morgan fingerprint density at radius 3 is 2.73 bits per heavy atom. The molecule has 2 aromatic heterocycles. The maximum absolute atomic E-state index is 14.4. The van der Waals surface area contributed by atoms with E-state index >= 15 is 0 Å². The predicted molar refractivity (Wildman–Crippen MR) is 141 cm³/mol. The van der Waals surface area contributed by atoms with E-state index in [2.05, 4.69) is 10.3 Å². The minimum atomic E-state index is -0.863. The maximum Gasteiger partial charge on any atom is 0.221 e. The third-order valence-corrected chi connectivity index (χ3v) is 7.13. The number of hydrogen-bond donors (Lipinski definition) is 3. The highest BCUT2D eigenvalue weighted by atomic mass is 35.5. The van der Waals surface area contributed by atoms with Gasteiger partial charge >= 0.3 is 0 Å². The Bertz CT molecular complexity index is 1550. The molecule has 1 amide bonds. The number of carbonyl (C=O) groups is 1. The summed E-state index contributed by atoms with van der Waals surface area (Å²) in [5.74, 6) is -0.0203. The third-order valence-electron chi connectivity index (χ3n) is 6.76. The standard InChI is InChI=1S/C27H28ClFN6O2/c1-16-7-9-21(32-17(2)36)26(31-16)33-12-11-23(25(37)15-33)35-24-13-19(29)8-10-22(24)34(27(35)30)14-18-5-3-4-6-20(18)28/h3-10,13,23,25,30,37H,11-12,14-15H2,1-2H3,(H,32,36)/t23-,25-/m1/s1. The molecule has 1 fully saturated rings. The van der Waals surface area contributed by atoms with E-state index in [9.17, 15) is 14.3 Å². The SMILES string of the molecule is CC(=O)Nc1ccc(C)nc1N1CC[C@@H](n2c(=N)n(Cc3ccccc3Cl)c3ccc(F)cc32)[C@H](O)C1. The van der Waals surface area contributed by atoms with Crippen molar-refractivity contribution < 1.29 is 14.3 Å². The van der Waals surface area contributed by atoms with Crippen LogP contribution >= 0.6 is 11.6 Å². The molecule has 0 aliphatic carbocycles. The summed E-state index contributed by atoms with van der Waals surface area (Å²) in [7, 11) is 0. The molecule has 1 aliphatic heterocycles. The van der Waals surface area contributed by atoms with Crippen molar-refractivity contribution in [1.29, 1.82) is 5.41 Å². The lowest BCUT2D eigenvalue weighted by molar-refractivity contribution is -0.114. The molecule has 3 heterocycles. The highest BCUT2D eigenvalue weighted by Crippen LogP contribution is 2.32. The number of amides is 1. The van der Waals surface area contributed by atoms with Gasteiger partial charge in [-0.25, -0.2) is 9.37 Å². The zero-order chi connectivity index (χ0) is 26.3. The summed E-state index contributed by atoms with van der Waals surface area (Å²) < 4.78 is 17.9. The van der Waals surface area contributed by atoms with Gasteiger partial charge in [-0.1, -0.05) is 29.8 Å². The van der Waals surface area contributed by atoms with Crippen LogP contribution in [0.1, 0.15) is 30.6 Å². The van der Waals surface area contributed by atoms with Crippen LogP contribution in [0.4, 0.5) is 15.9 Å². The molecule has 1 saturated heterocycles. The van der Waals surface area contributed by atoms with Crippen LogP contribution in [0.2, 0.25) is 5.02 Å². The molecule has 1 aliphatic rings. The van der Waals surface area contributed by atoms with Crippen molar-refractivity contribution in [3.05, 3.63) is 82.3 Å². The van der Waals surface area contributed by atoms with Gasteiger partial charge in [0.1, 0.15) is 5.82 Å². The molecule has 2 atom stereocenters. The Morgan fingerprint density at radius 1 is 1.22 bits per heavy atom. The number of piperidine rings is 1. The van der Waals surface area contributed by atoms with Crippen molar-refractivity contribution in [2.24, 2.45) is 0 Å². The van der Waals surface area contributed by atoms with E-state index in [1.54, 1.807) is 27.3 Å². The lowest BCUT2D eigenvalue weighted by atomic mass is 10.0. The van der Waals surface area contributed by atoms with Crippen molar-refractivity contribution in [2.75, 3.05) is 23.3 Å². The summed E-state index contributed by atoms with van der Waals surface area (Å²) in [5, 5.41) is 23.7. The summed E-state index contributed by atoms with van der Waals surface area (Å²) >= 11 is 6.39. The molecule has 192 valence electrons. The zero-order valence-corrected chi connectivity index (χ0v) is 21.3. The van der Waals surface area contributed by atoms with Gasteiger partial charge in [-0.15, -0.1) is 0 Å². The number of benzene rings is 2. The summed E-state index contributed by atoms with van der Waals surface area (Å²) in [6.07, 6.45) is -0.368. The Kier molecular flexibility index (Phi) is 6.74. The number of aliphatic hydroxyl groups excluding tert-OH is 1. The number of β-amino-alcohol motifs (C(OH)–C–C–N with tert-alkyl or cyclic N) is 1. The fourth-order valence-electron chi connectivity index (χ4n) is 5.05. The Balaban J connectivity index is 1.51. The second-order valence-electron chi connectivity index (χ2n) is 9.38. The molecule has 2 aromatic carbocycles. The fourth-order valence-corrected chi connectivity index (χ4v) is 5.25. The molecule has 0 saturated carbocycles. The first-order valence-corrected chi connectivity index (χ1v) is 12.5. The van der Waals surface area contributed by atoms with Gasteiger partial charge in [-0.3, -0.25) is 10.2 Å². The van der Waals surface area contributed by atoms with Crippen LogP contribution in [0.25, 0.3) is 11.0 Å². The van der Waals surface area contributed by atoms with Gasteiger partial charge < -0.3 is 24.5 Å². The number of aryl methyl sites for hydroxylation is 1. The molecule has 0 unspecified atom stereocenters. The largest absolute Gasteiger partial charge is 0.389 e. The Hall–Kier alpha value is -3.69. The number of nitrogens with one attached hydrogen (secondary N) is 2. The smallest absolute Gasteiger partial charge is 0.221 e. The van der Waals surface area contributed by atoms with E-state index in [4.69, 9.17) is 17.0 Å².